The fourth-order valence-corrected chi connectivity index (χ4v) is 5.15. The largest absolute Gasteiger partial charge is 0.269 e. The number of nitro groups is 1. The van der Waals surface area contributed by atoms with Gasteiger partial charge in [-0.05, 0) is 67.8 Å². The van der Waals surface area contributed by atoms with Crippen LogP contribution in [0.25, 0.3) is 0 Å². The van der Waals surface area contributed by atoms with Gasteiger partial charge in [0.05, 0.1) is 4.92 Å². The van der Waals surface area contributed by atoms with E-state index in [9.17, 15) is 10.1 Å². The molecule has 0 atom stereocenters. The van der Waals surface area contributed by atoms with Gasteiger partial charge in [0, 0.05) is 12.1 Å². The molecule has 0 aliphatic heterocycles. The van der Waals surface area contributed by atoms with Crippen LogP contribution in [0.1, 0.15) is 82.6 Å². The fraction of sp³-hybridized carbons (Fsp3) is 0.714. The lowest BCUT2D eigenvalue weighted by atomic mass is 9.68. The Morgan fingerprint density at radius 1 is 0.917 bits per heavy atom. The lowest BCUT2D eigenvalue weighted by molar-refractivity contribution is -0.384. The van der Waals surface area contributed by atoms with Crippen molar-refractivity contribution in [1.82, 2.24) is 0 Å². The summed E-state index contributed by atoms with van der Waals surface area (Å²) in [5.74, 6) is 3.51. The van der Waals surface area contributed by atoms with Gasteiger partial charge in [0.25, 0.3) is 5.69 Å². The normalized spacial score (nSPS) is 30.9. The number of rotatable bonds is 5. The van der Waals surface area contributed by atoms with E-state index in [2.05, 4.69) is 6.92 Å². The molecule has 0 aromatic heterocycles. The lowest BCUT2D eigenvalue weighted by Crippen LogP contribution is -2.25. The van der Waals surface area contributed by atoms with Gasteiger partial charge in [-0.25, -0.2) is 0 Å². The van der Waals surface area contributed by atoms with E-state index in [4.69, 9.17) is 0 Å². The standard InChI is InChI=1S/C21H31NO2/c1-2-3-16-4-6-17(7-5-16)18-8-10-19(11-9-18)20-12-14-21(15-13-20)22(23)24/h12-19H,2-11H2,1H3. The summed E-state index contributed by atoms with van der Waals surface area (Å²) in [7, 11) is 0. The maximum Gasteiger partial charge on any atom is 0.269 e. The Balaban J connectivity index is 1.48. The van der Waals surface area contributed by atoms with Crippen molar-refractivity contribution in [2.45, 2.75) is 77.0 Å². The molecule has 132 valence electrons. The Labute approximate surface area is 146 Å². The van der Waals surface area contributed by atoms with Crippen molar-refractivity contribution in [2.75, 3.05) is 0 Å². The van der Waals surface area contributed by atoms with Crippen LogP contribution in [-0.2, 0) is 0 Å². The molecule has 0 N–H and O–H groups in total. The maximum atomic E-state index is 10.8. The van der Waals surface area contributed by atoms with E-state index < -0.39 is 0 Å². The van der Waals surface area contributed by atoms with Gasteiger partial charge in [-0.15, -0.1) is 0 Å². The van der Waals surface area contributed by atoms with Crippen molar-refractivity contribution in [2.24, 2.45) is 17.8 Å². The zero-order chi connectivity index (χ0) is 16.9. The first kappa shape index (κ1) is 17.4. The first-order valence-corrected chi connectivity index (χ1v) is 9.91. The van der Waals surface area contributed by atoms with E-state index in [-0.39, 0.29) is 10.6 Å². The minimum atomic E-state index is -0.310. The Kier molecular flexibility index (Phi) is 5.91. The highest BCUT2D eigenvalue weighted by Gasteiger charge is 2.31. The summed E-state index contributed by atoms with van der Waals surface area (Å²) in [6, 6.07) is 7.27. The van der Waals surface area contributed by atoms with E-state index in [0.717, 1.165) is 17.8 Å². The number of hydrogen-bond acceptors (Lipinski definition) is 2. The van der Waals surface area contributed by atoms with Crippen LogP contribution in [0.15, 0.2) is 24.3 Å². The summed E-state index contributed by atoms with van der Waals surface area (Å²) in [5.41, 5.74) is 1.50. The van der Waals surface area contributed by atoms with Crippen molar-refractivity contribution in [3.8, 4) is 0 Å². The lowest BCUT2D eigenvalue weighted by Gasteiger charge is -2.38. The monoisotopic (exact) mass is 329 g/mol. The third-order valence-electron chi connectivity index (χ3n) is 6.60. The molecular weight excluding hydrogens is 298 g/mol. The first-order valence-electron chi connectivity index (χ1n) is 9.91. The third kappa shape index (κ3) is 4.17. The molecule has 1 aromatic carbocycles. The summed E-state index contributed by atoms with van der Waals surface area (Å²) in [5, 5.41) is 10.8. The Morgan fingerprint density at radius 3 is 1.96 bits per heavy atom. The number of nitro benzene ring substituents is 1. The van der Waals surface area contributed by atoms with Gasteiger partial charge in [-0.1, -0.05) is 44.7 Å². The van der Waals surface area contributed by atoms with Gasteiger partial charge >= 0.3 is 0 Å². The summed E-state index contributed by atoms with van der Waals surface area (Å²) >= 11 is 0. The molecule has 3 nitrogen and oxygen atoms in total. The molecule has 0 saturated heterocycles. The smallest absolute Gasteiger partial charge is 0.258 e. The van der Waals surface area contributed by atoms with Gasteiger partial charge in [-0.3, -0.25) is 10.1 Å². The molecule has 2 aliphatic carbocycles. The summed E-state index contributed by atoms with van der Waals surface area (Å²) in [6.07, 6.45) is 13.8. The van der Waals surface area contributed by atoms with Crippen molar-refractivity contribution in [3.63, 3.8) is 0 Å². The minimum absolute atomic E-state index is 0.205. The van der Waals surface area contributed by atoms with Gasteiger partial charge < -0.3 is 0 Å². The van der Waals surface area contributed by atoms with Crippen molar-refractivity contribution in [1.29, 1.82) is 0 Å². The zero-order valence-corrected chi connectivity index (χ0v) is 15.0. The number of benzene rings is 1. The molecule has 2 aliphatic rings. The highest BCUT2D eigenvalue weighted by molar-refractivity contribution is 5.34. The topological polar surface area (TPSA) is 43.1 Å². The van der Waals surface area contributed by atoms with E-state index in [1.807, 2.05) is 12.1 Å². The Hall–Kier alpha value is -1.38. The predicted octanol–water partition coefficient (Wildman–Crippen LogP) is 6.48. The van der Waals surface area contributed by atoms with E-state index in [1.54, 1.807) is 12.1 Å². The second-order valence-electron chi connectivity index (χ2n) is 8.03. The molecular formula is C21H31NO2. The summed E-state index contributed by atoms with van der Waals surface area (Å²) in [4.78, 5) is 10.5. The molecule has 0 bridgehead atoms. The van der Waals surface area contributed by atoms with Crippen molar-refractivity contribution >= 4 is 5.69 Å². The third-order valence-corrected chi connectivity index (χ3v) is 6.60. The highest BCUT2D eigenvalue weighted by atomic mass is 16.6. The molecule has 0 radical (unpaired) electrons. The average molecular weight is 329 g/mol. The fourth-order valence-electron chi connectivity index (χ4n) is 5.15. The summed E-state index contributed by atoms with van der Waals surface area (Å²) < 4.78 is 0. The molecule has 3 rings (SSSR count). The highest BCUT2D eigenvalue weighted by Crippen LogP contribution is 2.44. The number of hydrogen-bond donors (Lipinski definition) is 0. The van der Waals surface area contributed by atoms with Crippen LogP contribution in [0.5, 0.6) is 0 Å². The van der Waals surface area contributed by atoms with Crippen LogP contribution < -0.4 is 0 Å². The summed E-state index contributed by atoms with van der Waals surface area (Å²) in [6.45, 7) is 2.31. The van der Waals surface area contributed by atoms with Crippen LogP contribution in [0.3, 0.4) is 0 Å². The van der Waals surface area contributed by atoms with Gasteiger partial charge in [0.15, 0.2) is 0 Å². The maximum absolute atomic E-state index is 10.8. The first-order chi connectivity index (χ1) is 11.7. The Morgan fingerprint density at radius 2 is 1.46 bits per heavy atom. The van der Waals surface area contributed by atoms with Crippen LogP contribution in [-0.4, -0.2) is 4.92 Å². The quantitative estimate of drug-likeness (QED) is 0.458. The van der Waals surface area contributed by atoms with E-state index >= 15 is 0 Å². The van der Waals surface area contributed by atoms with Gasteiger partial charge in [0.2, 0.25) is 0 Å². The molecule has 0 amide bonds. The van der Waals surface area contributed by atoms with Gasteiger partial charge in [-0.2, -0.15) is 0 Å². The second-order valence-corrected chi connectivity index (χ2v) is 8.03. The van der Waals surface area contributed by atoms with Crippen LogP contribution in [0.4, 0.5) is 5.69 Å². The van der Waals surface area contributed by atoms with E-state index in [1.165, 1.54) is 69.8 Å². The molecule has 0 spiro atoms. The molecule has 1 aromatic rings. The SMILES string of the molecule is CCCC1CCC(C2CCC(c3ccc([N+](=O)[O-])cc3)CC2)CC1. The second kappa shape index (κ2) is 8.13. The average Bonchev–Trinajstić information content (AvgIpc) is 2.63. The van der Waals surface area contributed by atoms with Crippen molar-refractivity contribution < 1.29 is 4.92 Å². The van der Waals surface area contributed by atoms with Crippen LogP contribution in [0, 0.1) is 27.9 Å². The molecule has 2 saturated carbocycles. The molecule has 0 heterocycles. The zero-order valence-electron chi connectivity index (χ0n) is 15.0. The Bertz CT molecular complexity index is 523. The van der Waals surface area contributed by atoms with Crippen molar-refractivity contribution in [3.05, 3.63) is 39.9 Å². The van der Waals surface area contributed by atoms with E-state index in [0.29, 0.717) is 5.92 Å². The molecule has 0 unspecified atom stereocenters. The van der Waals surface area contributed by atoms with Gasteiger partial charge in [0.1, 0.15) is 0 Å². The van der Waals surface area contributed by atoms with Crippen LogP contribution >= 0.6 is 0 Å². The number of nitrogens with zero attached hydrogens (tertiary/aromatic N) is 1. The molecule has 24 heavy (non-hydrogen) atoms. The minimum Gasteiger partial charge on any atom is -0.258 e. The molecule has 2 fully saturated rings. The number of non-ortho nitro benzene ring substituents is 1. The van der Waals surface area contributed by atoms with Crippen LogP contribution in [0.2, 0.25) is 0 Å². The molecule has 3 heteroatoms. The predicted molar refractivity (Wildman–Crippen MR) is 98.2 cm³/mol.